The van der Waals surface area contributed by atoms with Crippen molar-refractivity contribution in [3.8, 4) is 17.1 Å². The van der Waals surface area contributed by atoms with E-state index in [1.807, 2.05) is 12.1 Å². The predicted molar refractivity (Wildman–Crippen MR) is 269 cm³/mol. The van der Waals surface area contributed by atoms with Gasteiger partial charge in [-0.1, -0.05) is 127 Å². The Kier molecular flexibility index (Phi) is 7.36. The fourth-order valence-electron chi connectivity index (χ4n) is 10.5. The number of furan rings is 1. The lowest BCUT2D eigenvalue weighted by atomic mass is 10.0. The van der Waals surface area contributed by atoms with E-state index in [1.54, 1.807) is 0 Å². The summed E-state index contributed by atoms with van der Waals surface area (Å²) in [7, 11) is 0. The molecular weight excluding hydrogens is 779 g/mol. The van der Waals surface area contributed by atoms with Gasteiger partial charge in [-0.15, -0.1) is 0 Å². The second-order valence-corrected chi connectivity index (χ2v) is 17.0. The summed E-state index contributed by atoms with van der Waals surface area (Å²) in [6.45, 7) is 0. The molecule has 64 heavy (non-hydrogen) atoms. The SMILES string of the molecule is c1ccc2c(-n3c4ccccc4c4ccc(-n5c6cccc(c6)c6cccc(c6)n(-c6ccc7c(c6)oc6ccccc67)c6ccc7ccc8ccc5cc8c7c6)cc43)cccc2c1. The van der Waals surface area contributed by atoms with Crippen molar-refractivity contribution in [3.05, 3.63) is 224 Å². The standard InChI is InChI=1S/C60H37N3O/c1-2-16-49-38(10-1)11-9-20-56(49)63-57-19-5-3-17-50(57)51-30-28-47(36-58(51)63)61-43-14-7-12-41(32-43)42-13-8-15-44(33-42)62(48-29-31-53-52-18-4-6-21-59(52)64-60(53)37-48)46-27-25-40-23-22-39-24-26-45(61)34-54(39)55(40)35-46/h1-37H. The van der Waals surface area contributed by atoms with Gasteiger partial charge in [-0.2, -0.15) is 0 Å². The molecule has 0 amide bonds. The number of nitrogens with zero attached hydrogens (tertiary/aromatic N) is 3. The first-order chi connectivity index (χ1) is 31.7. The van der Waals surface area contributed by atoms with Crippen LogP contribution in [0.1, 0.15) is 0 Å². The molecule has 0 spiro atoms. The summed E-state index contributed by atoms with van der Waals surface area (Å²) in [4.78, 5) is 0. The van der Waals surface area contributed by atoms with Gasteiger partial charge in [0.15, 0.2) is 0 Å². The molecule has 11 aromatic carbocycles. The van der Waals surface area contributed by atoms with Crippen LogP contribution in [0.4, 0.5) is 0 Å². The maximum absolute atomic E-state index is 6.45. The zero-order chi connectivity index (χ0) is 41.9. The molecule has 3 heterocycles. The van der Waals surface area contributed by atoms with Gasteiger partial charge in [0.25, 0.3) is 0 Å². The van der Waals surface area contributed by atoms with Crippen molar-refractivity contribution >= 4 is 109 Å². The molecule has 14 aromatic rings. The van der Waals surface area contributed by atoms with Crippen molar-refractivity contribution in [3.63, 3.8) is 0 Å². The monoisotopic (exact) mass is 815 g/mol. The third-order valence-electron chi connectivity index (χ3n) is 13.4. The van der Waals surface area contributed by atoms with E-state index in [-0.39, 0.29) is 0 Å². The second-order valence-electron chi connectivity index (χ2n) is 17.0. The molecule has 0 atom stereocenters. The molecule has 0 aliphatic rings. The van der Waals surface area contributed by atoms with Gasteiger partial charge in [-0.3, -0.25) is 0 Å². The summed E-state index contributed by atoms with van der Waals surface area (Å²) < 4.78 is 13.7. The van der Waals surface area contributed by atoms with Crippen LogP contribution in [0.25, 0.3) is 126 Å². The van der Waals surface area contributed by atoms with Crippen LogP contribution < -0.4 is 0 Å². The third-order valence-corrected chi connectivity index (χ3v) is 13.4. The Morgan fingerprint density at radius 2 is 0.750 bits per heavy atom. The number of hydrogen-bond donors (Lipinski definition) is 0. The maximum Gasteiger partial charge on any atom is 0.137 e. The van der Waals surface area contributed by atoms with Crippen LogP contribution in [-0.4, -0.2) is 13.7 Å². The Morgan fingerprint density at radius 3 is 1.48 bits per heavy atom. The van der Waals surface area contributed by atoms with E-state index in [0.717, 1.165) is 71.7 Å². The summed E-state index contributed by atoms with van der Waals surface area (Å²) in [6.07, 6.45) is 0. The average molecular weight is 816 g/mol. The predicted octanol–water partition coefficient (Wildman–Crippen LogP) is 16.3. The molecule has 3 aromatic heterocycles. The molecule has 0 unspecified atom stereocenters. The van der Waals surface area contributed by atoms with Crippen molar-refractivity contribution in [2.45, 2.75) is 0 Å². The van der Waals surface area contributed by atoms with Gasteiger partial charge in [0.2, 0.25) is 0 Å². The van der Waals surface area contributed by atoms with Crippen molar-refractivity contribution in [2.75, 3.05) is 0 Å². The maximum atomic E-state index is 6.45. The first-order valence-electron chi connectivity index (χ1n) is 21.9. The third kappa shape index (κ3) is 5.23. The molecule has 298 valence electrons. The van der Waals surface area contributed by atoms with E-state index in [1.165, 1.54) is 54.3 Å². The van der Waals surface area contributed by atoms with E-state index >= 15 is 0 Å². The lowest BCUT2D eigenvalue weighted by molar-refractivity contribution is 0.668. The van der Waals surface area contributed by atoms with Gasteiger partial charge in [-0.05, 0) is 129 Å². The molecule has 0 aliphatic heterocycles. The molecule has 0 radical (unpaired) electrons. The first-order valence-corrected chi connectivity index (χ1v) is 21.9. The second kappa shape index (κ2) is 13.4. The average Bonchev–Trinajstić information content (AvgIpc) is 3.89. The minimum absolute atomic E-state index is 0.869. The quantitative estimate of drug-likeness (QED) is 0.163. The molecule has 0 N–H and O–H groups in total. The number of para-hydroxylation sites is 2. The van der Waals surface area contributed by atoms with Gasteiger partial charge in [-0.25, -0.2) is 0 Å². The smallest absolute Gasteiger partial charge is 0.137 e. The van der Waals surface area contributed by atoms with Crippen LogP contribution in [0.3, 0.4) is 0 Å². The van der Waals surface area contributed by atoms with E-state index < -0.39 is 0 Å². The van der Waals surface area contributed by atoms with Crippen molar-refractivity contribution in [2.24, 2.45) is 0 Å². The van der Waals surface area contributed by atoms with E-state index in [0.29, 0.717) is 0 Å². The zero-order valence-corrected chi connectivity index (χ0v) is 34.6. The highest BCUT2D eigenvalue weighted by Gasteiger charge is 2.17. The summed E-state index contributed by atoms with van der Waals surface area (Å²) in [5, 5.41) is 14.2. The summed E-state index contributed by atoms with van der Waals surface area (Å²) in [6, 6.07) is 82.2. The lowest BCUT2D eigenvalue weighted by Crippen LogP contribution is -1.99. The molecule has 0 aliphatic carbocycles. The highest BCUT2D eigenvalue weighted by atomic mass is 16.3. The Bertz CT molecular complexity index is 4320. The molecule has 0 saturated heterocycles. The van der Waals surface area contributed by atoms with Crippen LogP contribution >= 0.6 is 0 Å². The summed E-state index contributed by atoms with van der Waals surface area (Å²) >= 11 is 0. The van der Waals surface area contributed by atoms with Crippen LogP contribution in [0, 0.1) is 0 Å². The first kappa shape index (κ1) is 35.0. The fourth-order valence-corrected chi connectivity index (χ4v) is 10.5. The van der Waals surface area contributed by atoms with Crippen molar-refractivity contribution < 1.29 is 4.42 Å². The molecule has 8 bridgehead atoms. The van der Waals surface area contributed by atoms with Crippen molar-refractivity contribution in [1.82, 2.24) is 13.7 Å². The van der Waals surface area contributed by atoms with Crippen molar-refractivity contribution in [1.29, 1.82) is 0 Å². The lowest BCUT2D eigenvalue weighted by Gasteiger charge is -2.16. The van der Waals surface area contributed by atoms with Crippen LogP contribution in [0.5, 0.6) is 0 Å². The van der Waals surface area contributed by atoms with Gasteiger partial charge >= 0.3 is 0 Å². The Morgan fingerprint density at radius 1 is 0.250 bits per heavy atom. The van der Waals surface area contributed by atoms with Crippen LogP contribution in [0.2, 0.25) is 0 Å². The number of rotatable bonds is 3. The Hall–Kier alpha value is -8.60. The molecule has 4 heteroatoms. The molecule has 14 rings (SSSR count). The highest BCUT2D eigenvalue weighted by molar-refractivity contribution is 6.13. The molecule has 4 nitrogen and oxygen atoms in total. The molecular formula is C60H37N3O. The Balaban J connectivity index is 1.09. The topological polar surface area (TPSA) is 27.9 Å². The zero-order valence-electron chi connectivity index (χ0n) is 34.6. The van der Waals surface area contributed by atoms with Gasteiger partial charge < -0.3 is 18.1 Å². The van der Waals surface area contributed by atoms with Crippen LogP contribution in [0.15, 0.2) is 229 Å². The van der Waals surface area contributed by atoms with Gasteiger partial charge in [0.1, 0.15) is 11.2 Å². The molecule has 0 fully saturated rings. The highest BCUT2D eigenvalue weighted by Crippen LogP contribution is 2.38. The number of aromatic nitrogens is 3. The minimum atomic E-state index is 0.869. The van der Waals surface area contributed by atoms with E-state index in [2.05, 4.69) is 226 Å². The number of benzene rings is 11. The Labute approximate surface area is 367 Å². The number of hydrogen-bond acceptors (Lipinski definition) is 1. The van der Waals surface area contributed by atoms with E-state index in [4.69, 9.17) is 4.42 Å². The molecule has 0 saturated carbocycles. The fraction of sp³-hybridized carbons (Fsp3) is 0. The summed E-state index contributed by atoms with van der Waals surface area (Å²) in [5.74, 6) is 0. The largest absolute Gasteiger partial charge is 0.456 e. The van der Waals surface area contributed by atoms with Gasteiger partial charge in [0.05, 0.1) is 16.7 Å². The number of fused-ring (bicyclic) bond motifs is 14. The van der Waals surface area contributed by atoms with E-state index in [9.17, 15) is 0 Å². The normalized spacial score (nSPS) is 12.1. The van der Waals surface area contributed by atoms with Crippen LogP contribution in [-0.2, 0) is 0 Å². The summed E-state index contributed by atoms with van der Waals surface area (Å²) in [5.41, 5.74) is 11.7. The minimum Gasteiger partial charge on any atom is -0.456 e. The van der Waals surface area contributed by atoms with Gasteiger partial charge in [0, 0.05) is 66.4 Å².